The summed E-state index contributed by atoms with van der Waals surface area (Å²) in [6, 6.07) is 4.77. The van der Waals surface area contributed by atoms with Gasteiger partial charge in [0.1, 0.15) is 5.82 Å². The number of nitrogen functional groups attached to an aromatic ring is 1. The predicted octanol–water partition coefficient (Wildman–Crippen LogP) is 2.90. The van der Waals surface area contributed by atoms with Gasteiger partial charge in [-0.05, 0) is 30.2 Å². The van der Waals surface area contributed by atoms with Crippen LogP contribution < -0.4 is 11.1 Å². The Morgan fingerprint density at radius 3 is 2.88 bits per heavy atom. The van der Waals surface area contributed by atoms with Gasteiger partial charge in [-0.25, -0.2) is 9.37 Å². The lowest BCUT2D eigenvalue weighted by Crippen LogP contribution is -2.03. The lowest BCUT2D eigenvalue weighted by molar-refractivity contribution is 0.631. The first-order valence-corrected chi connectivity index (χ1v) is 5.26. The molecule has 0 fully saturated rings. The molecule has 0 saturated carbocycles. The second-order valence-electron chi connectivity index (χ2n) is 3.50. The number of benzene rings is 1. The second kappa shape index (κ2) is 4.55. The maximum Gasteiger partial charge on any atom is 0.224 e. The Morgan fingerprint density at radius 2 is 2.18 bits per heavy atom. The minimum absolute atomic E-state index is 0.0516. The fourth-order valence-electron chi connectivity index (χ4n) is 1.38. The van der Waals surface area contributed by atoms with Crippen LogP contribution in [0.3, 0.4) is 0 Å². The first-order valence-electron chi connectivity index (χ1n) is 4.88. The number of halogens is 2. The van der Waals surface area contributed by atoms with Crippen LogP contribution in [-0.4, -0.2) is 9.97 Å². The number of nitrogens with zero attached hydrogens (tertiary/aromatic N) is 2. The molecule has 4 nitrogen and oxygen atoms in total. The van der Waals surface area contributed by atoms with Crippen LogP contribution in [-0.2, 0) is 0 Å². The number of hydrogen-bond donors (Lipinski definition) is 2. The lowest BCUT2D eigenvalue weighted by Gasteiger charge is -2.11. The summed E-state index contributed by atoms with van der Waals surface area (Å²) in [6.45, 7) is 1.78. The van der Waals surface area contributed by atoms with Crippen molar-refractivity contribution in [3.05, 3.63) is 41.1 Å². The Labute approximate surface area is 103 Å². The van der Waals surface area contributed by atoms with Crippen molar-refractivity contribution in [3.63, 3.8) is 0 Å². The van der Waals surface area contributed by atoms with Crippen molar-refractivity contribution in [1.82, 2.24) is 9.97 Å². The number of aryl methyl sites for hydroxylation is 1. The molecule has 3 N–H and O–H groups in total. The van der Waals surface area contributed by atoms with E-state index < -0.39 is 0 Å². The zero-order chi connectivity index (χ0) is 12.4. The van der Waals surface area contributed by atoms with Gasteiger partial charge in [0.25, 0.3) is 0 Å². The summed E-state index contributed by atoms with van der Waals surface area (Å²) in [7, 11) is 0. The highest BCUT2D eigenvalue weighted by Gasteiger charge is 2.09. The molecule has 0 unspecified atom stereocenters. The van der Waals surface area contributed by atoms with Crippen LogP contribution >= 0.6 is 11.6 Å². The van der Waals surface area contributed by atoms with E-state index in [0.717, 1.165) is 5.56 Å². The van der Waals surface area contributed by atoms with Crippen molar-refractivity contribution in [3.8, 4) is 0 Å². The molecule has 2 aromatic rings. The molecule has 0 spiro atoms. The number of nitrogens with one attached hydrogen (secondary N) is 1. The summed E-state index contributed by atoms with van der Waals surface area (Å²) in [6.07, 6.45) is 1.37. The van der Waals surface area contributed by atoms with E-state index in [9.17, 15) is 4.39 Å². The maximum absolute atomic E-state index is 13.6. The fourth-order valence-corrected chi connectivity index (χ4v) is 1.51. The molecule has 6 heteroatoms. The van der Waals surface area contributed by atoms with Crippen molar-refractivity contribution in [1.29, 1.82) is 0 Å². The quantitative estimate of drug-likeness (QED) is 0.807. The number of para-hydroxylation sites is 1. The van der Waals surface area contributed by atoms with Crippen LogP contribution in [0.5, 0.6) is 0 Å². The highest BCUT2D eigenvalue weighted by Crippen LogP contribution is 2.26. The van der Waals surface area contributed by atoms with Crippen molar-refractivity contribution in [2.24, 2.45) is 0 Å². The Kier molecular flexibility index (Phi) is 3.10. The lowest BCUT2D eigenvalue weighted by atomic mass is 10.2. The number of anilines is 3. The molecule has 0 aliphatic carbocycles. The molecule has 88 valence electrons. The molecule has 0 aliphatic heterocycles. The Balaban J connectivity index is 2.41. The molecule has 0 bridgehead atoms. The maximum atomic E-state index is 13.6. The van der Waals surface area contributed by atoms with Crippen LogP contribution in [0.15, 0.2) is 24.4 Å². The van der Waals surface area contributed by atoms with E-state index in [2.05, 4.69) is 15.3 Å². The fraction of sp³-hybridized carbons (Fsp3) is 0.0909. The second-order valence-corrected chi connectivity index (χ2v) is 3.84. The first-order chi connectivity index (χ1) is 8.08. The zero-order valence-corrected chi connectivity index (χ0v) is 9.79. The Bertz CT molecular complexity index is 539. The van der Waals surface area contributed by atoms with Gasteiger partial charge in [-0.1, -0.05) is 12.1 Å². The molecule has 2 rings (SSSR count). The highest BCUT2D eigenvalue weighted by molar-refractivity contribution is 6.28. The van der Waals surface area contributed by atoms with Gasteiger partial charge in [-0.2, -0.15) is 4.98 Å². The van der Waals surface area contributed by atoms with Gasteiger partial charge in [-0.3, -0.25) is 0 Å². The summed E-state index contributed by atoms with van der Waals surface area (Å²) < 4.78 is 13.6. The number of nitrogens with two attached hydrogens (primary N) is 1. The third kappa shape index (κ3) is 2.45. The third-order valence-corrected chi connectivity index (χ3v) is 2.44. The van der Waals surface area contributed by atoms with Crippen LogP contribution in [0.1, 0.15) is 5.56 Å². The molecule has 0 aliphatic rings. The number of aromatic nitrogens is 2. The van der Waals surface area contributed by atoms with E-state index in [1.54, 1.807) is 19.1 Å². The summed E-state index contributed by atoms with van der Waals surface area (Å²) >= 11 is 5.65. The molecule has 1 aromatic heterocycles. The Morgan fingerprint density at radius 1 is 1.41 bits per heavy atom. The standard InChI is InChI=1S/C11H10ClFN4/c1-6-3-2-4-7(13)9(6)16-10-8(14)5-15-11(12)17-10/h2-5H,14H2,1H3,(H,15,16,17). The smallest absolute Gasteiger partial charge is 0.224 e. The normalized spacial score (nSPS) is 10.3. The average molecular weight is 253 g/mol. The monoisotopic (exact) mass is 252 g/mol. The predicted molar refractivity (Wildman–Crippen MR) is 65.9 cm³/mol. The molecule has 1 heterocycles. The van der Waals surface area contributed by atoms with E-state index in [4.69, 9.17) is 17.3 Å². The van der Waals surface area contributed by atoms with Gasteiger partial charge in [0.2, 0.25) is 5.28 Å². The van der Waals surface area contributed by atoms with Gasteiger partial charge < -0.3 is 11.1 Å². The van der Waals surface area contributed by atoms with Gasteiger partial charge >= 0.3 is 0 Å². The van der Waals surface area contributed by atoms with Crippen molar-refractivity contribution >= 4 is 28.8 Å². The topological polar surface area (TPSA) is 63.8 Å². The zero-order valence-electron chi connectivity index (χ0n) is 9.04. The van der Waals surface area contributed by atoms with E-state index in [1.165, 1.54) is 12.3 Å². The van der Waals surface area contributed by atoms with E-state index in [1.807, 2.05) is 0 Å². The van der Waals surface area contributed by atoms with E-state index in [-0.39, 0.29) is 11.1 Å². The summed E-state index contributed by atoms with van der Waals surface area (Å²) in [5, 5.41) is 2.87. The van der Waals surface area contributed by atoms with E-state index >= 15 is 0 Å². The van der Waals surface area contributed by atoms with E-state index in [0.29, 0.717) is 17.2 Å². The minimum atomic E-state index is -0.376. The van der Waals surface area contributed by atoms with Crippen LogP contribution in [0.25, 0.3) is 0 Å². The molecular formula is C11H10ClFN4. The molecular weight excluding hydrogens is 243 g/mol. The summed E-state index contributed by atoms with van der Waals surface area (Å²) in [4.78, 5) is 7.62. The largest absolute Gasteiger partial charge is 0.394 e. The van der Waals surface area contributed by atoms with Gasteiger partial charge in [0.15, 0.2) is 5.82 Å². The average Bonchev–Trinajstić information content (AvgIpc) is 2.28. The van der Waals surface area contributed by atoms with Crippen LogP contribution in [0.2, 0.25) is 5.28 Å². The summed E-state index contributed by atoms with van der Waals surface area (Å²) in [5.41, 5.74) is 7.05. The molecule has 0 atom stereocenters. The van der Waals surface area contributed by atoms with Gasteiger partial charge in [0.05, 0.1) is 17.6 Å². The first kappa shape index (κ1) is 11.6. The summed E-state index contributed by atoms with van der Waals surface area (Å²) in [5.74, 6) is -0.0858. The van der Waals surface area contributed by atoms with Crippen molar-refractivity contribution in [2.75, 3.05) is 11.1 Å². The van der Waals surface area contributed by atoms with Crippen molar-refractivity contribution < 1.29 is 4.39 Å². The van der Waals surface area contributed by atoms with Crippen LogP contribution in [0.4, 0.5) is 21.6 Å². The minimum Gasteiger partial charge on any atom is -0.394 e. The number of hydrogen-bond acceptors (Lipinski definition) is 4. The SMILES string of the molecule is Cc1cccc(F)c1Nc1nc(Cl)ncc1N. The van der Waals surface area contributed by atoms with Gasteiger partial charge in [-0.15, -0.1) is 0 Å². The number of rotatable bonds is 2. The molecule has 0 amide bonds. The molecule has 0 saturated heterocycles. The van der Waals surface area contributed by atoms with Crippen molar-refractivity contribution in [2.45, 2.75) is 6.92 Å². The Hall–Kier alpha value is -1.88. The highest BCUT2D eigenvalue weighted by atomic mass is 35.5. The molecule has 17 heavy (non-hydrogen) atoms. The van der Waals surface area contributed by atoms with Gasteiger partial charge in [0, 0.05) is 0 Å². The van der Waals surface area contributed by atoms with Crippen LogP contribution in [0, 0.1) is 12.7 Å². The molecule has 0 radical (unpaired) electrons. The molecule has 1 aromatic carbocycles. The third-order valence-electron chi connectivity index (χ3n) is 2.25.